The quantitative estimate of drug-likeness (QED) is 0.780. The number of aromatic nitrogens is 2. The van der Waals surface area contributed by atoms with Gasteiger partial charge in [0.05, 0.1) is 10.7 Å². The number of hydrogen-bond acceptors (Lipinski definition) is 2. The molecule has 0 aliphatic rings. The molecule has 3 rings (SSSR count). The number of halogens is 2. The largest absolute Gasteiger partial charge is 0.306 e. The molecule has 0 spiro atoms. The summed E-state index contributed by atoms with van der Waals surface area (Å²) in [7, 11) is 0. The van der Waals surface area contributed by atoms with E-state index in [-0.39, 0.29) is 10.6 Å². The number of rotatable bonds is 2. The van der Waals surface area contributed by atoms with E-state index >= 15 is 0 Å². The van der Waals surface area contributed by atoms with Crippen molar-refractivity contribution in [1.29, 1.82) is 0 Å². The SMILES string of the molecule is O=c1cc(-c2ccccc2)nc(-c2ccc(F)cc2Cl)[nH]1. The van der Waals surface area contributed by atoms with Crippen LogP contribution in [0.3, 0.4) is 0 Å². The van der Waals surface area contributed by atoms with Crippen molar-refractivity contribution in [1.82, 2.24) is 9.97 Å². The van der Waals surface area contributed by atoms with Crippen molar-refractivity contribution in [2.75, 3.05) is 0 Å². The van der Waals surface area contributed by atoms with Crippen LogP contribution in [0.4, 0.5) is 4.39 Å². The van der Waals surface area contributed by atoms with Gasteiger partial charge in [-0.25, -0.2) is 9.37 Å². The number of aromatic amines is 1. The maximum absolute atomic E-state index is 13.1. The molecule has 0 saturated carbocycles. The van der Waals surface area contributed by atoms with Crippen LogP contribution in [0.25, 0.3) is 22.6 Å². The highest BCUT2D eigenvalue weighted by Gasteiger charge is 2.10. The summed E-state index contributed by atoms with van der Waals surface area (Å²) in [6.45, 7) is 0. The first-order valence-corrected chi connectivity index (χ1v) is 6.63. The first kappa shape index (κ1) is 13.5. The van der Waals surface area contributed by atoms with Gasteiger partial charge in [0.1, 0.15) is 11.6 Å². The van der Waals surface area contributed by atoms with Crippen LogP contribution in [0.1, 0.15) is 0 Å². The summed E-state index contributed by atoms with van der Waals surface area (Å²) in [4.78, 5) is 18.8. The average molecular weight is 301 g/mol. The van der Waals surface area contributed by atoms with E-state index in [1.807, 2.05) is 30.3 Å². The number of nitrogens with one attached hydrogen (secondary N) is 1. The van der Waals surface area contributed by atoms with Gasteiger partial charge in [0, 0.05) is 17.2 Å². The van der Waals surface area contributed by atoms with Crippen LogP contribution >= 0.6 is 11.6 Å². The van der Waals surface area contributed by atoms with Gasteiger partial charge in [-0.1, -0.05) is 41.9 Å². The molecule has 0 radical (unpaired) electrons. The van der Waals surface area contributed by atoms with Crippen LogP contribution in [-0.4, -0.2) is 9.97 Å². The van der Waals surface area contributed by atoms with E-state index in [1.165, 1.54) is 24.3 Å². The Kier molecular flexibility index (Phi) is 3.54. The van der Waals surface area contributed by atoms with Gasteiger partial charge in [-0.15, -0.1) is 0 Å². The molecule has 1 N–H and O–H groups in total. The summed E-state index contributed by atoms with van der Waals surface area (Å²) >= 11 is 6.01. The smallest absolute Gasteiger partial charge is 0.251 e. The van der Waals surface area contributed by atoms with Crippen molar-refractivity contribution < 1.29 is 4.39 Å². The minimum absolute atomic E-state index is 0.198. The van der Waals surface area contributed by atoms with Crippen molar-refractivity contribution in [2.24, 2.45) is 0 Å². The lowest BCUT2D eigenvalue weighted by Crippen LogP contribution is -2.08. The third-order valence-corrected chi connectivity index (χ3v) is 3.31. The third-order valence-electron chi connectivity index (χ3n) is 3.00. The number of benzene rings is 2. The Bertz CT molecular complexity index is 846. The first-order chi connectivity index (χ1) is 10.1. The molecule has 0 unspecified atom stereocenters. The molecule has 0 aliphatic carbocycles. The van der Waals surface area contributed by atoms with E-state index in [9.17, 15) is 9.18 Å². The minimum Gasteiger partial charge on any atom is -0.306 e. The van der Waals surface area contributed by atoms with Crippen molar-refractivity contribution in [3.8, 4) is 22.6 Å². The highest BCUT2D eigenvalue weighted by Crippen LogP contribution is 2.26. The zero-order valence-electron chi connectivity index (χ0n) is 10.8. The van der Waals surface area contributed by atoms with Crippen molar-refractivity contribution >= 4 is 11.6 Å². The summed E-state index contributed by atoms with van der Waals surface area (Å²) in [6.07, 6.45) is 0. The Morgan fingerprint density at radius 2 is 1.81 bits per heavy atom. The average Bonchev–Trinajstić information content (AvgIpc) is 2.47. The molecule has 2 aromatic carbocycles. The maximum Gasteiger partial charge on any atom is 0.251 e. The monoisotopic (exact) mass is 300 g/mol. The standard InChI is InChI=1S/C16H10ClFN2O/c17-13-8-11(18)6-7-12(13)16-19-14(9-15(21)20-16)10-4-2-1-3-5-10/h1-9H,(H,19,20,21). The molecule has 0 fully saturated rings. The summed E-state index contributed by atoms with van der Waals surface area (Å²) in [5.41, 5.74) is 1.55. The van der Waals surface area contributed by atoms with Crippen molar-refractivity contribution in [3.63, 3.8) is 0 Å². The molecule has 0 aliphatic heterocycles. The Morgan fingerprint density at radius 3 is 2.52 bits per heavy atom. The highest BCUT2D eigenvalue weighted by atomic mass is 35.5. The van der Waals surface area contributed by atoms with E-state index in [1.54, 1.807) is 0 Å². The van der Waals surface area contributed by atoms with Crippen LogP contribution in [0.5, 0.6) is 0 Å². The van der Waals surface area contributed by atoms with Crippen LogP contribution in [0.15, 0.2) is 59.4 Å². The predicted octanol–water partition coefficient (Wildman–Crippen LogP) is 3.90. The topological polar surface area (TPSA) is 45.8 Å². The molecule has 3 aromatic rings. The van der Waals surface area contributed by atoms with E-state index in [0.29, 0.717) is 17.1 Å². The zero-order valence-corrected chi connectivity index (χ0v) is 11.6. The molecule has 5 heteroatoms. The van der Waals surface area contributed by atoms with Gasteiger partial charge in [0.2, 0.25) is 0 Å². The molecular weight excluding hydrogens is 291 g/mol. The van der Waals surface area contributed by atoms with Gasteiger partial charge in [-0.3, -0.25) is 4.79 Å². The summed E-state index contributed by atoms with van der Waals surface area (Å²) in [5.74, 6) is -0.128. The maximum atomic E-state index is 13.1. The minimum atomic E-state index is -0.440. The lowest BCUT2D eigenvalue weighted by atomic mass is 10.1. The van der Waals surface area contributed by atoms with Gasteiger partial charge in [0.15, 0.2) is 0 Å². The fourth-order valence-electron chi connectivity index (χ4n) is 2.02. The highest BCUT2D eigenvalue weighted by molar-refractivity contribution is 6.33. The van der Waals surface area contributed by atoms with E-state index in [4.69, 9.17) is 11.6 Å². The second-order valence-electron chi connectivity index (χ2n) is 4.47. The Morgan fingerprint density at radius 1 is 1.05 bits per heavy atom. The Balaban J connectivity index is 2.16. The second kappa shape index (κ2) is 5.50. The molecule has 1 heterocycles. The Hall–Kier alpha value is -2.46. The molecule has 0 atom stereocenters. The molecular formula is C16H10ClFN2O. The summed E-state index contributed by atoms with van der Waals surface area (Å²) in [6, 6.07) is 14.7. The van der Waals surface area contributed by atoms with Gasteiger partial charge in [0.25, 0.3) is 5.56 Å². The van der Waals surface area contributed by atoms with Crippen molar-refractivity contribution in [2.45, 2.75) is 0 Å². The van der Waals surface area contributed by atoms with Crippen LogP contribution in [0, 0.1) is 5.82 Å². The summed E-state index contributed by atoms with van der Waals surface area (Å²) < 4.78 is 13.1. The molecule has 0 saturated heterocycles. The van der Waals surface area contributed by atoms with Gasteiger partial charge in [-0.2, -0.15) is 0 Å². The van der Waals surface area contributed by atoms with Gasteiger partial charge in [-0.05, 0) is 18.2 Å². The summed E-state index contributed by atoms with van der Waals surface area (Å²) in [5, 5.41) is 0.198. The van der Waals surface area contributed by atoms with E-state index in [0.717, 1.165) is 5.56 Å². The van der Waals surface area contributed by atoms with Gasteiger partial charge >= 0.3 is 0 Å². The second-order valence-corrected chi connectivity index (χ2v) is 4.88. The van der Waals surface area contributed by atoms with Crippen LogP contribution in [-0.2, 0) is 0 Å². The molecule has 104 valence electrons. The third kappa shape index (κ3) is 2.85. The number of H-pyrrole nitrogens is 1. The van der Waals surface area contributed by atoms with E-state index < -0.39 is 5.82 Å². The van der Waals surface area contributed by atoms with Crippen molar-refractivity contribution in [3.05, 3.63) is 75.8 Å². The normalized spacial score (nSPS) is 10.6. The lowest BCUT2D eigenvalue weighted by Gasteiger charge is -2.06. The molecule has 3 nitrogen and oxygen atoms in total. The molecule has 0 amide bonds. The molecule has 1 aromatic heterocycles. The fourth-order valence-corrected chi connectivity index (χ4v) is 2.28. The van der Waals surface area contributed by atoms with Crippen LogP contribution < -0.4 is 5.56 Å². The lowest BCUT2D eigenvalue weighted by molar-refractivity contribution is 0.628. The van der Waals surface area contributed by atoms with Gasteiger partial charge < -0.3 is 4.98 Å². The number of hydrogen-bond donors (Lipinski definition) is 1. The molecule has 21 heavy (non-hydrogen) atoms. The van der Waals surface area contributed by atoms with Crippen LogP contribution in [0.2, 0.25) is 5.02 Å². The molecule has 0 bridgehead atoms. The van der Waals surface area contributed by atoms with E-state index in [2.05, 4.69) is 9.97 Å². The first-order valence-electron chi connectivity index (χ1n) is 6.26. The Labute approximate surface area is 125 Å². The fraction of sp³-hybridized carbons (Fsp3) is 0. The number of nitrogens with zero attached hydrogens (tertiary/aromatic N) is 1. The predicted molar refractivity (Wildman–Crippen MR) is 80.7 cm³/mol. The zero-order chi connectivity index (χ0) is 14.8.